The van der Waals surface area contributed by atoms with Crippen LogP contribution in [0.15, 0.2) is 42.0 Å². The smallest absolute Gasteiger partial charge is 0.338 e. The first-order valence-corrected chi connectivity index (χ1v) is 10.00. The minimum atomic E-state index is -0.723. The molecule has 4 rings (SSSR count). The Labute approximate surface area is 165 Å². The van der Waals surface area contributed by atoms with Gasteiger partial charge in [-0.2, -0.15) is 0 Å². The van der Waals surface area contributed by atoms with E-state index in [1.54, 1.807) is 12.1 Å². The number of rotatable bonds is 4. The van der Waals surface area contributed by atoms with Gasteiger partial charge in [-0.25, -0.2) is 4.79 Å². The first-order valence-electron chi connectivity index (χ1n) is 10.00. The van der Waals surface area contributed by atoms with E-state index in [2.05, 4.69) is 0 Å². The van der Waals surface area contributed by atoms with E-state index in [0.717, 1.165) is 24.8 Å². The average molecular weight is 388 g/mol. The summed E-state index contributed by atoms with van der Waals surface area (Å²) in [5, 5.41) is 0. The highest BCUT2D eigenvalue weighted by atomic mass is 16.8. The molecule has 6 nitrogen and oxygen atoms in total. The molecule has 0 spiro atoms. The fourth-order valence-electron chi connectivity index (χ4n) is 4.05. The Hall–Kier alpha value is -1.73. The standard InChI is InChI=1S/C22H28O6/c1-14-13-16-19(28-22(2,3)27-16)20(25-17-11-7-8-12-24-17)18(14)26-21(23)15-9-5-4-6-10-15/h4-6,9-10,13,16-20H,7-8,11-12H2,1-3H3/t16-,17?,18+,19-,20+/m1/s1. The van der Waals surface area contributed by atoms with Crippen molar-refractivity contribution < 1.29 is 28.5 Å². The van der Waals surface area contributed by atoms with Crippen LogP contribution in [0.1, 0.15) is 50.4 Å². The highest BCUT2D eigenvalue weighted by molar-refractivity contribution is 5.89. The molecule has 0 bridgehead atoms. The Kier molecular flexibility index (Phi) is 5.56. The molecule has 0 amide bonds. The van der Waals surface area contributed by atoms with Gasteiger partial charge in [0.05, 0.1) is 5.56 Å². The number of carbonyl (C=O) groups is 1. The molecule has 152 valence electrons. The van der Waals surface area contributed by atoms with Gasteiger partial charge in [0.1, 0.15) is 18.3 Å². The largest absolute Gasteiger partial charge is 0.451 e. The summed E-state index contributed by atoms with van der Waals surface area (Å²) in [6, 6.07) is 8.98. The van der Waals surface area contributed by atoms with E-state index in [-0.39, 0.29) is 24.5 Å². The van der Waals surface area contributed by atoms with E-state index >= 15 is 0 Å². The van der Waals surface area contributed by atoms with Crippen LogP contribution in [0.5, 0.6) is 0 Å². The van der Waals surface area contributed by atoms with Gasteiger partial charge in [0.15, 0.2) is 18.2 Å². The SMILES string of the molecule is CC1=C[C@H]2OC(C)(C)O[C@H]2[C@@H](OC2CCCCO2)[C@H]1OC(=O)c1ccccc1. The summed E-state index contributed by atoms with van der Waals surface area (Å²) in [7, 11) is 0. The van der Waals surface area contributed by atoms with Crippen LogP contribution in [-0.4, -0.2) is 49.1 Å². The molecule has 5 atom stereocenters. The number of hydrogen-bond acceptors (Lipinski definition) is 6. The number of esters is 1. The van der Waals surface area contributed by atoms with E-state index in [9.17, 15) is 4.79 Å². The van der Waals surface area contributed by atoms with E-state index in [1.807, 2.05) is 45.0 Å². The molecule has 2 aliphatic heterocycles. The predicted molar refractivity (Wildman–Crippen MR) is 102 cm³/mol. The van der Waals surface area contributed by atoms with Gasteiger partial charge >= 0.3 is 5.97 Å². The zero-order valence-electron chi connectivity index (χ0n) is 16.6. The molecule has 1 aromatic carbocycles. The summed E-state index contributed by atoms with van der Waals surface area (Å²) in [6.45, 7) is 6.38. The van der Waals surface area contributed by atoms with Crippen molar-refractivity contribution in [3.8, 4) is 0 Å². The van der Waals surface area contributed by atoms with Crippen molar-refractivity contribution in [2.45, 2.75) is 76.5 Å². The van der Waals surface area contributed by atoms with E-state index in [1.165, 1.54) is 0 Å². The predicted octanol–water partition coefficient (Wildman–Crippen LogP) is 3.60. The van der Waals surface area contributed by atoms with Gasteiger partial charge in [-0.05, 0) is 57.7 Å². The molecule has 0 saturated carbocycles. The zero-order chi connectivity index (χ0) is 19.7. The summed E-state index contributed by atoms with van der Waals surface area (Å²) in [4.78, 5) is 12.7. The van der Waals surface area contributed by atoms with Gasteiger partial charge in [0.25, 0.3) is 0 Å². The second-order valence-corrected chi connectivity index (χ2v) is 8.06. The maximum absolute atomic E-state index is 12.7. The lowest BCUT2D eigenvalue weighted by atomic mass is 9.90. The Morgan fingerprint density at radius 2 is 1.93 bits per heavy atom. The Bertz CT molecular complexity index is 722. The lowest BCUT2D eigenvalue weighted by molar-refractivity contribution is -0.235. The number of fused-ring (bicyclic) bond motifs is 1. The number of hydrogen-bond donors (Lipinski definition) is 0. The molecular weight excluding hydrogens is 360 g/mol. The van der Waals surface area contributed by atoms with Crippen molar-refractivity contribution >= 4 is 5.97 Å². The molecule has 28 heavy (non-hydrogen) atoms. The Balaban J connectivity index is 1.58. The second kappa shape index (κ2) is 7.95. The van der Waals surface area contributed by atoms with Crippen molar-refractivity contribution in [3.63, 3.8) is 0 Å². The summed E-state index contributed by atoms with van der Waals surface area (Å²) in [6.07, 6.45) is 2.91. The molecule has 6 heteroatoms. The molecule has 2 saturated heterocycles. The quantitative estimate of drug-likeness (QED) is 0.580. The molecule has 2 heterocycles. The molecule has 2 fully saturated rings. The monoisotopic (exact) mass is 388 g/mol. The molecule has 1 aliphatic carbocycles. The van der Waals surface area contributed by atoms with Crippen molar-refractivity contribution in [3.05, 3.63) is 47.5 Å². The molecule has 0 N–H and O–H groups in total. The van der Waals surface area contributed by atoms with E-state index < -0.39 is 18.0 Å². The normalized spacial score (nSPS) is 34.4. The van der Waals surface area contributed by atoms with Gasteiger partial charge in [-0.3, -0.25) is 0 Å². The van der Waals surface area contributed by atoms with Crippen LogP contribution in [-0.2, 0) is 23.7 Å². The molecule has 0 radical (unpaired) electrons. The first kappa shape index (κ1) is 19.6. The minimum Gasteiger partial charge on any atom is -0.451 e. The van der Waals surface area contributed by atoms with Crippen molar-refractivity contribution in [1.29, 1.82) is 0 Å². The summed E-state index contributed by atoms with van der Waals surface area (Å²) >= 11 is 0. The van der Waals surface area contributed by atoms with Gasteiger partial charge < -0.3 is 23.7 Å². The number of benzene rings is 1. The fraction of sp³-hybridized carbons (Fsp3) is 0.591. The third-order valence-corrected chi connectivity index (χ3v) is 5.35. The van der Waals surface area contributed by atoms with Gasteiger partial charge in [0, 0.05) is 6.61 Å². The van der Waals surface area contributed by atoms with Crippen LogP contribution in [0.3, 0.4) is 0 Å². The molecule has 0 aromatic heterocycles. The summed E-state index contributed by atoms with van der Waals surface area (Å²) < 4.78 is 30.1. The summed E-state index contributed by atoms with van der Waals surface area (Å²) in [5.41, 5.74) is 1.40. The fourth-order valence-corrected chi connectivity index (χ4v) is 4.05. The van der Waals surface area contributed by atoms with Crippen LogP contribution < -0.4 is 0 Å². The Morgan fingerprint density at radius 1 is 1.14 bits per heavy atom. The van der Waals surface area contributed by atoms with Crippen LogP contribution >= 0.6 is 0 Å². The van der Waals surface area contributed by atoms with E-state index in [4.69, 9.17) is 23.7 Å². The van der Waals surface area contributed by atoms with Crippen LogP contribution in [0.2, 0.25) is 0 Å². The van der Waals surface area contributed by atoms with Crippen LogP contribution in [0.4, 0.5) is 0 Å². The maximum atomic E-state index is 12.7. The third kappa shape index (κ3) is 4.15. The molecule has 1 unspecified atom stereocenters. The van der Waals surface area contributed by atoms with Crippen LogP contribution in [0, 0.1) is 0 Å². The van der Waals surface area contributed by atoms with Gasteiger partial charge in [0.2, 0.25) is 0 Å². The lowest BCUT2D eigenvalue weighted by Crippen LogP contribution is -2.52. The number of carbonyl (C=O) groups excluding carboxylic acids is 1. The van der Waals surface area contributed by atoms with Crippen LogP contribution in [0.25, 0.3) is 0 Å². The third-order valence-electron chi connectivity index (χ3n) is 5.35. The zero-order valence-corrected chi connectivity index (χ0v) is 16.6. The van der Waals surface area contributed by atoms with Gasteiger partial charge in [-0.1, -0.05) is 24.3 Å². The number of ether oxygens (including phenoxy) is 5. The molecule has 1 aromatic rings. The highest BCUT2D eigenvalue weighted by Crippen LogP contribution is 2.39. The first-order chi connectivity index (χ1) is 13.4. The van der Waals surface area contributed by atoms with Crippen molar-refractivity contribution in [2.75, 3.05) is 6.61 Å². The van der Waals surface area contributed by atoms with Crippen molar-refractivity contribution in [1.82, 2.24) is 0 Å². The topological polar surface area (TPSA) is 63.2 Å². The van der Waals surface area contributed by atoms with Gasteiger partial charge in [-0.15, -0.1) is 0 Å². The molecular formula is C22H28O6. The average Bonchev–Trinajstić information content (AvgIpc) is 2.99. The van der Waals surface area contributed by atoms with E-state index in [0.29, 0.717) is 12.2 Å². The Morgan fingerprint density at radius 3 is 2.64 bits per heavy atom. The highest BCUT2D eigenvalue weighted by Gasteiger charge is 2.52. The molecule has 3 aliphatic rings. The minimum absolute atomic E-state index is 0.240. The lowest BCUT2D eigenvalue weighted by Gasteiger charge is -2.39. The van der Waals surface area contributed by atoms with Crippen molar-refractivity contribution in [2.24, 2.45) is 0 Å². The summed E-state index contributed by atoms with van der Waals surface area (Å²) in [5.74, 6) is -1.10. The maximum Gasteiger partial charge on any atom is 0.338 e. The second-order valence-electron chi connectivity index (χ2n) is 8.06.